The predicted octanol–water partition coefficient (Wildman–Crippen LogP) is 4.49. The van der Waals surface area contributed by atoms with Gasteiger partial charge in [-0.25, -0.2) is 0 Å². The number of ether oxygens (including phenoxy) is 1. The molecule has 2 aromatic carbocycles. The van der Waals surface area contributed by atoms with Gasteiger partial charge < -0.3 is 10.5 Å². The van der Waals surface area contributed by atoms with Crippen molar-refractivity contribution in [2.24, 2.45) is 5.73 Å². The lowest BCUT2D eigenvalue weighted by molar-refractivity contribution is 0.408. The Bertz CT molecular complexity index is 610. The Labute approximate surface area is 131 Å². The molecule has 2 unspecified atom stereocenters. The second-order valence-electron chi connectivity index (χ2n) is 5.39. The summed E-state index contributed by atoms with van der Waals surface area (Å²) in [5.74, 6) is 0.899. The van der Waals surface area contributed by atoms with Crippen molar-refractivity contribution in [3.8, 4) is 5.75 Å². The summed E-state index contributed by atoms with van der Waals surface area (Å²) in [7, 11) is 1.71. The molecule has 0 saturated carbocycles. The maximum atomic E-state index is 6.23. The van der Waals surface area contributed by atoms with Gasteiger partial charge in [0, 0.05) is 16.5 Å². The Morgan fingerprint density at radius 3 is 2.38 bits per heavy atom. The summed E-state index contributed by atoms with van der Waals surface area (Å²) in [6, 6.07) is 14.7. The molecule has 2 aromatic rings. The van der Waals surface area contributed by atoms with Gasteiger partial charge in [-0.1, -0.05) is 24.3 Å². The van der Waals surface area contributed by atoms with Crippen LogP contribution in [-0.4, -0.2) is 13.2 Å². The fourth-order valence-electron chi connectivity index (χ4n) is 2.29. The molecule has 0 radical (unpaired) electrons. The lowest BCUT2D eigenvalue weighted by Gasteiger charge is -2.23. The normalized spacial score (nSPS) is 13.8. The van der Waals surface area contributed by atoms with E-state index in [1.54, 1.807) is 18.9 Å². The highest BCUT2D eigenvalue weighted by Crippen LogP contribution is 2.41. The Balaban J connectivity index is 2.33. The average molecular weight is 301 g/mol. The van der Waals surface area contributed by atoms with Crippen LogP contribution in [0.1, 0.15) is 28.9 Å². The smallest absolute Gasteiger partial charge is 0.123 e. The van der Waals surface area contributed by atoms with E-state index in [0.717, 1.165) is 11.3 Å². The molecule has 0 spiro atoms. The number of para-hydroxylation sites is 1. The summed E-state index contributed by atoms with van der Waals surface area (Å²) in [5.41, 5.74) is 10.0. The van der Waals surface area contributed by atoms with Crippen molar-refractivity contribution in [2.45, 2.75) is 37.0 Å². The van der Waals surface area contributed by atoms with Gasteiger partial charge >= 0.3 is 0 Å². The summed E-state index contributed by atoms with van der Waals surface area (Å²) in [6.45, 7) is 6.32. The monoisotopic (exact) mass is 301 g/mol. The number of hydrogen-bond donors (Lipinski definition) is 1. The summed E-state index contributed by atoms with van der Waals surface area (Å²) < 4.78 is 5.49. The summed E-state index contributed by atoms with van der Waals surface area (Å²) in [4.78, 5) is 1.24. The van der Waals surface area contributed by atoms with E-state index < -0.39 is 0 Å². The second kappa shape index (κ2) is 7.01. The van der Waals surface area contributed by atoms with E-state index >= 15 is 0 Å². The third-order valence-electron chi connectivity index (χ3n) is 3.66. The number of nitrogens with two attached hydrogens (primary N) is 1. The molecule has 0 amide bonds. The quantitative estimate of drug-likeness (QED) is 0.826. The highest BCUT2D eigenvalue weighted by molar-refractivity contribution is 7.99. The van der Waals surface area contributed by atoms with E-state index in [1.165, 1.54) is 16.0 Å². The molecule has 21 heavy (non-hydrogen) atoms. The molecular formula is C18H23NOS. The Morgan fingerprint density at radius 2 is 1.76 bits per heavy atom. The van der Waals surface area contributed by atoms with Gasteiger partial charge in [-0.3, -0.25) is 0 Å². The van der Waals surface area contributed by atoms with E-state index in [2.05, 4.69) is 38.1 Å². The molecule has 3 heteroatoms. The standard InChI is InChI=1S/C18H23NOS/c1-12-9-10-15(11-13(12)2)21-18(14(3)19)16-7-5-6-8-17(16)20-4/h5-11,14,18H,19H2,1-4H3. The molecule has 0 fully saturated rings. The van der Waals surface area contributed by atoms with E-state index in [-0.39, 0.29) is 11.3 Å². The van der Waals surface area contributed by atoms with Gasteiger partial charge in [0.15, 0.2) is 0 Å². The van der Waals surface area contributed by atoms with Crippen LogP contribution in [0.5, 0.6) is 5.75 Å². The molecule has 0 bridgehead atoms. The van der Waals surface area contributed by atoms with Crippen molar-refractivity contribution in [3.63, 3.8) is 0 Å². The highest BCUT2D eigenvalue weighted by atomic mass is 32.2. The molecule has 0 aliphatic heterocycles. The lowest BCUT2D eigenvalue weighted by atomic mass is 10.1. The first-order valence-electron chi connectivity index (χ1n) is 7.15. The largest absolute Gasteiger partial charge is 0.496 e. The van der Waals surface area contributed by atoms with Gasteiger partial charge in [0.05, 0.1) is 12.4 Å². The van der Waals surface area contributed by atoms with Crippen LogP contribution in [0.2, 0.25) is 0 Å². The fourth-order valence-corrected chi connectivity index (χ4v) is 3.51. The van der Waals surface area contributed by atoms with Crippen molar-refractivity contribution in [2.75, 3.05) is 7.11 Å². The highest BCUT2D eigenvalue weighted by Gasteiger charge is 2.21. The third-order valence-corrected chi connectivity index (χ3v) is 5.13. The van der Waals surface area contributed by atoms with Gasteiger partial charge in [0.1, 0.15) is 5.75 Å². The molecule has 112 valence electrons. The lowest BCUT2D eigenvalue weighted by Crippen LogP contribution is -2.23. The van der Waals surface area contributed by atoms with E-state index in [1.807, 2.05) is 25.1 Å². The number of methoxy groups -OCH3 is 1. The maximum Gasteiger partial charge on any atom is 0.123 e. The minimum Gasteiger partial charge on any atom is -0.496 e. The minimum atomic E-state index is 0.0351. The number of rotatable bonds is 5. The van der Waals surface area contributed by atoms with Gasteiger partial charge in [-0.2, -0.15) is 0 Å². The molecule has 0 heterocycles. The van der Waals surface area contributed by atoms with Crippen molar-refractivity contribution in [1.82, 2.24) is 0 Å². The van der Waals surface area contributed by atoms with Crippen LogP contribution in [0, 0.1) is 13.8 Å². The summed E-state index contributed by atoms with van der Waals surface area (Å²) in [6.07, 6.45) is 0. The van der Waals surface area contributed by atoms with Crippen molar-refractivity contribution >= 4 is 11.8 Å². The number of benzene rings is 2. The van der Waals surface area contributed by atoms with Crippen LogP contribution < -0.4 is 10.5 Å². The Morgan fingerprint density at radius 1 is 1.05 bits per heavy atom. The van der Waals surface area contributed by atoms with Gasteiger partial charge in [0.2, 0.25) is 0 Å². The van der Waals surface area contributed by atoms with Crippen molar-refractivity contribution < 1.29 is 4.74 Å². The van der Waals surface area contributed by atoms with Crippen LogP contribution in [0.4, 0.5) is 0 Å². The Hall–Kier alpha value is -1.45. The van der Waals surface area contributed by atoms with Gasteiger partial charge in [-0.05, 0) is 50.1 Å². The molecule has 2 nitrogen and oxygen atoms in total. The first-order valence-corrected chi connectivity index (χ1v) is 8.03. The van der Waals surface area contributed by atoms with Crippen molar-refractivity contribution in [1.29, 1.82) is 0 Å². The minimum absolute atomic E-state index is 0.0351. The SMILES string of the molecule is COc1ccccc1C(Sc1ccc(C)c(C)c1)C(C)N. The number of thioether (sulfide) groups is 1. The predicted molar refractivity (Wildman–Crippen MR) is 91.2 cm³/mol. The zero-order valence-corrected chi connectivity index (χ0v) is 13.9. The summed E-state index contributed by atoms with van der Waals surface area (Å²) in [5, 5.41) is 0.170. The first-order chi connectivity index (χ1) is 10.0. The number of aryl methyl sites for hydroxylation is 2. The molecule has 0 aliphatic carbocycles. The maximum absolute atomic E-state index is 6.23. The van der Waals surface area contributed by atoms with Crippen LogP contribution in [0.15, 0.2) is 47.4 Å². The molecule has 0 saturated heterocycles. The molecule has 0 aliphatic rings. The molecule has 2 rings (SSSR count). The molecular weight excluding hydrogens is 278 g/mol. The summed E-state index contributed by atoms with van der Waals surface area (Å²) >= 11 is 1.80. The average Bonchev–Trinajstić information content (AvgIpc) is 2.48. The van der Waals surface area contributed by atoms with Crippen LogP contribution in [0.3, 0.4) is 0 Å². The fraction of sp³-hybridized carbons (Fsp3) is 0.333. The first kappa shape index (κ1) is 15.9. The number of hydrogen-bond acceptors (Lipinski definition) is 3. The zero-order chi connectivity index (χ0) is 15.4. The van der Waals surface area contributed by atoms with Crippen LogP contribution >= 0.6 is 11.8 Å². The van der Waals surface area contributed by atoms with E-state index in [4.69, 9.17) is 10.5 Å². The van der Waals surface area contributed by atoms with Gasteiger partial charge in [0.25, 0.3) is 0 Å². The second-order valence-corrected chi connectivity index (χ2v) is 6.60. The van der Waals surface area contributed by atoms with Crippen LogP contribution in [-0.2, 0) is 0 Å². The van der Waals surface area contributed by atoms with E-state index in [9.17, 15) is 0 Å². The van der Waals surface area contributed by atoms with Gasteiger partial charge in [-0.15, -0.1) is 11.8 Å². The topological polar surface area (TPSA) is 35.2 Å². The van der Waals surface area contributed by atoms with Crippen molar-refractivity contribution in [3.05, 3.63) is 59.2 Å². The zero-order valence-electron chi connectivity index (χ0n) is 13.1. The Kier molecular flexibility index (Phi) is 5.32. The molecule has 2 atom stereocenters. The third kappa shape index (κ3) is 3.80. The van der Waals surface area contributed by atoms with Crippen LogP contribution in [0.25, 0.3) is 0 Å². The molecule has 0 aromatic heterocycles. The molecule has 2 N–H and O–H groups in total. The van der Waals surface area contributed by atoms with E-state index in [0.29, 0.717) is 0 Å².